The summed E-state index contributed by atoms with van der Waals surface area (Å²) in [6.07, 6.45) is 5.20. The van der Waals surface area contributed by atoms with Gasteiger partial charge in [0.15, 0.2) is 0 Å². The van der Waals surface area contributed by atoms with E-state index in [1.54, 1.807) is 0 Å². The molecule has 4 rings (SSSR count). The molecule has 0 aliphatic carbocycles. The molecule has 1 unspecified atom stereocenters. The lowest BCUT2D eigenvalue weighted by Gasteiger charge is -2.38. The molecule has 1 heterocycles. The fraction of sp³-hybridized carbons (Fsp3) is 0.406. The Morgan fingerprint density at radius 2 is 1.56 bits per heavy atom. The van der Waals surface area contributed by atoms with Crippen molar-refractivity contribution in [1.82, 2.24) is 19.8 Å². The van der Waals surface area contributed by atoms with Gasteiger partial charge in [-0.3, -0.25) is 9.45 Å². The predicted octanol–water partition coefficient (Wildman–Crippen LogP) is 6.07. The van der Waals surface area contributed by atoms with Gasteiger partial charge in [0.25, 0.3) is 0 Å². The number of amides is 2. The van der Waals surface area contributed by atoms with Gasteiger partial charge in [-0.25, -0.2) is 13.7 Å². The largest absolute Gasteiger partial charge is 0.457 e. The van der Waals surface area contributed by atoms with Crippen LogP contribution >= 0.6 is 0 Å². The van der Waals surface area contributed by atoms with Crippen LogP contribution in [0.1, 0.15) is 55.7 Å². The molecule has 3 N–H and O–H groups in total. The fourth-order valence-corrected chi connectivity index (χ4v) is 5.38. The van der Waals surface area contributed by atoms with E-state index in [4.69, 9.17) is 9.29 Å². The maximum atomic E-state index is 13.2. The van der Waals surface area contributed by atoms with Gasteiger partial charge in [-0.15, -0.1) is 0 Å². The van der Waals surface area contributed by atoms with E-state index in [9.17, 15) is 9.00 Å². The molecule has 0 bridgehead atoms. The highest BCUT2D eigenvalue weighted by Gasteiger charge is 2.28. The predicted molar refractivity (Wildman–Crippen MR) is 164 cm³/mol. The van der Waals surface area contributed by atoms with Crippen LogP contribution < -0.4 is 14.8 Å². The van der Waals surface area contributed by atoms with Crippen LogP contribution in [0.4, 0.5) is 4.79 Å². The smallest absolute Gasteiger partial charge is 0.317 e. The Morgan fingerprint density at radius 1 is 0.927 bits per heavy atom. The Bertz CT molecular complexity index is 1220. The minimum Gasteiger partial charge on any atom is -0.457 e. The van der Waals surface area contributed by atoms with Crippen LogP contribution in [-0.2, 0) is 30.9 Å². The molecule has 0 saturated carbocycles. The summed E-state index contributed by atoms with van der Waals surface area (Å²) in [5.74, 6) is 1.47. The number of benzene rings is 3. The average molecular weight is 579 g/mol. The van der Waals surface area contributed by atoms with E-state index in [0.29, 0.717) is 18.8 Å². The van der Waals surface area contributed by atoms with Gasteiger partial charge >= 0.3 is 6.03 Å². The van der Waals surface area contributed by atoms with E-state index in [2.05, 4.69) is 46.1 Å². The number of urea groups is 1. The molecule has 41 heavy (non-hydrogen) atoms. The summed E-state index contributed by atoms with van der Waals surface area (Å²) in [4.78, 5) is 17.7. The molecule has 1 fully saturated rings. The first kappa shape index (κ1) is 30.7. The third-order valence-corrected chi connectivity index (χ3v) is 7.79. The fourth-order valence-electron chi connectivity index (χ4n) is 5.09. The number of piperidine rings is 1. The van der Waals surface area contributed by atoms with Gasteiger partial charge < -0.3 is 15.0 Å². The molecule has 1 aliphatic heterocycles. The van der Waals surface area contributed by atoms with Crippen LogP contribution in [0.3, 0.4) is 0 Å². The highest BCUT2D eigenvalue weighted by molar-refractivity contribution is 7.77. The number of carbonyl (C=O) groups excluding carboxylic acids is 1. The van der Waals surface area contributed by atoms with Crippen molar-refractivity contribution in [2.24, 2.45) is 0 Å². The molecule has 3 aromatic rings. The van der Waals surface area contributed by atoms with Gasteiger partial charge in [-0.05, 0) is 60.2 Å². The molecule has 0 spiro atoms. The minimum atomic E-state index is -2.03. The number of carbonyl (C=O) groups is 1. The van der Waals surface area contributed by atoms with E-state index >= 15 is 0 Å². The van der Waals surface area contributed by atoms with Crippen LogP contribution in [0, 0.1) is 0 Å². The molecule has 2 amide bonds. The Hall–Kier alpha value is -3.24. The van der Waals surface area contributed by atoms with E-state index in [0.717, 1.165) is 75.2 Å². The van der Waals surface area contributed by atoms with Crippen molar-refractivity contribution in [3.05, 3.63) is 95.6 Å². The molecule has 1 aliphatic rings. The Balaban J connectivity index is 1.27. The summed E-state index contributed by atoms with van der Waals surface area (Å²) in [5, 5.41) is 3.16. The number of hydrogen-bond donors (Lipinski definition) is 3. The maximum absolute atomic E-state index is 13.2. The van der Waals surface area contributed by atoms with Crippen molar-refractivity contribution in [1.29, 1.82) is 0 Å². The summed E-state index contributed by atoms with van der Waals surface area (Å²) in [6.45, 7) is 6.61. The molecule has 1 saturated heterocycles. The number of nitrogens with one attached hydrogen (secondary N) is 2. The topological polar surface area (TPSA) is 94.1 Å². The minimum absolute atomic E-state index is 0.0480. The number of nitrogens with zero attached hydrogens (tertiary/aromatic N) is 2. The van der Waals surface area contributed by atoms with Gasteiger partial charge in [0.05, 0.1) is 0 Å². The molecule has 1 atom stereocenters. The van der Waals surface area contributed by atoms with Crippen LogP contribution in [0.5, 0.6) is 11.5 Å². The molecular weight excluding hydrogens is 536 g/mol. The number of unbranched alkanes of at least 4 members (excludes halogenated alkanes) is 2. The van der Waals surface area contributed by atoms with Crippen molar-refractivity contribution in [3.63, 3.8) is 0 Å². The summed E-state index contributed by atoms with van der Waals surface area (Å²) < 4.78 is 28.1. The zero-order valence-corrected chi connectivity index (χ0v) is 24.7. The average Bonchev–Trinajstić information content (AvgIpc) is 2.99. The number of ether oxygens (including phenoxy) is 1. The molecule has 0 aromatic heterocycles. The second-order valence-corrected chi connectivity index (χ2v) is 11.3. The SMILES string of the molecule is CCCCCNC(=O)N(Cc1ccccc1)C1CCN(Cc2ccc(Oc3ccc(CNS(=O)O)cc3)cc2)CC1. The Morgan fingerprint density at radius 3 is 2.17 bits per heavy atom. The zero-order valence-electron chi connectivity index (χ0n) is 23.8. The summed E-state index contributed by atoms with van der Waals surface area (Å²) >= 11 is -2.03. The number of hydrogen-bond acceptors (Lipinski definition) is 4. The highest BCUT2D eigenvalue weighted by Crippen LogP contribution is 2.24. The standard InChI is InChI=1S/C32H42N4O4S/c1-2-3-7-20-33-32(37)36(25-27-8-5-4-6-9-27)29-18-21-35(22-19-29)24-28-12-16-31(17-13-28)40-30-14-10-26(11-15-30)23-34-41(38)39/h4-6,8-17,29,34H,2-3,7,18-25H2,1H3,(H,33,37)(H,38,39). The second kappa shape index (κ2) is 16.3. The van der Waals surface area contributed by atoms with Crippen molar-refractivity contribution in [2.75, 3.05) is 19.6 Å². The molecular formula is C32H42N4O4S. The monoisotopic (exact) mass is 578 g/mol. The van der Waals surface area contributed by atoms with Crippen LogP contribution in [0.2, 0.25) is 0 Å². The van der Waals surface area contributed by atoms with E-state index in [-0.39, 0.29) is 12.1 Å². The first-order chi connectivity index (χ1) is 20.0. The third-order valence-electron chi connectivity index (χ3n) is 7.40. The summed E-state index contributed by atoms with van der Waals surface area (Å²) in [6, 6.07) is 26.1. The summed E-state index contributed by atoms with van der Waals surface area (Å²) in [5.41, 5.74) is 3.28. The number of rotatable bonds is 14. The third kappa shape index (κ3) is 10.3. The van der Waals surface area contributed by atoms with Crippen molar-refractivity contribution >= 4 is 17.3 Å². The van der Waals surface area contributed by atoms with Gasteiger partial charge in [0.2, 0.25) is 11.3 Å². The first-order valence-corrected chi connectivity index (χ1v) is 15.6. The van der Waals surface area contributed by atoms with Gasteiger partial charge in [-0.1, -0.05) is 74.4 Å². The number of likely N-dealkylation sites (tertiary alicyclic amines) is 1. The maximum Gasteiger partial charge on any atom is 0.317 e. The van der Waals surface area contributed by atoms with E-state index < -0.39 is 11.3 Å². The van der Waals surface area contributed by atoms with Crippen LogP contribution in [0.25, 0.3) is 0 Å². The quantitative estimate of drug-likeness (QED) is 0.159. The lowest BCUT2D eigenvalue weighted by molar-refractivity contribution is 0.113. The van der Waals surface area contributed by atoms with E-state index in [1.165, 1.54) is 5.56 Å². The Kier molecular flexibility index (Phi) is 12.2. The lowest BCUT2D eigenvalue weighted by Crippen LogP contribution is -2.50. The molecule has 8 nitrogen and oxygen atoms in total. The second-order valence-electron chi connectivity index (χ2n) is 10.5. The molecule has 3 aromatic carbocycles. The van der Waals surface area contributed by atoms with Crippen LogP contribution in [-0.4, -0.2) is 50.3 Å². The van der Waals surface area contributed by atoms with Crippen molar-refractivity contribution < 1.29 is 18.3 Å². The van der Waals surface area contributed by atoms with Crippen molar-refractivity contribution in [3.8, 4) is 11.5 Å². The zero-order chi connectivity index (χ0) is 28.9. The van der Waals surface area contributed by atoms with Gasteiger partial charge in [0, 0.05) is 45.3 Å². The molecule has 0 radical (unpaired) electrons. The van der Waals surface area contributed by atoms with Crippen LogP contribution in [0.15, 0.2) is 78.9 Å². The molecule has 9 heteroatoms. The van der Waals surface area contributed by atoms with E-state index in [1.807, 2.05) is 59.5 Å². The van der Waals surface area contributed by atoms with Gasteiger partial charge in [-0.2, -0.15) is 0 Å². The highest BCUT2D eigenvalue weighted by atomic mass is 32.2. The lowest BCUT2D eigenvalue weighted by atomic mass is 10.0. The Labute approximate surface area is 246 Å². The normalized spacial score (nSPS) is 14.9. The van der Waals surface area contributed by atoms with Crippen molar-refractivity contribution in [2.45, 2.75) is 64.7 Å². The molecule has 220 valence electrons. The van der Waals surface area contributed by atoms with Gasteiger partial charge in [0.1, 0.15) is 11.5 Å². The first-order valence-electron chi connectivity index (χ1n) is 14.5. The summed E-state index contributed by atoms with van der Waals surface area (Å²) in [7, 11) is 0.